The molecule has 0 saturated carbocycles. The van der Waals surface area contributed by atoms with E-state index in [1.54, 1.807) is 0 Å². The third kappa shape index (κ3) is 3.41. The Balaban J connectivity index is 2.15. The van der Waals surface area contributed by atoms with Crippen LogP contribution in [-0.2, 0) is 0 Å². The summed E-state index contributed by atoms with van der Waals surface area (Å²) in [6, 6.07) is 0. The Labute approximate surface area is 69.0 Å². The van der Waals surface area contributed by atoms with E-state index in [9.17, 15) is 0 Å². The highest BCUT2D eigenvalue weighted by atomic mass is 15.1. The van der Waals surface area contributed by atoms with Crippen molar-refractivity contribution in [1.82, 2.24) is 10.2 Å². The zero-order valence-corrected chi connectivity index (χ0v) is 6.97. The van der Waals surface area contributed by atoms with Crippen LogP contribution in [0.25, 0.3) is 0 Å². The van der Waals surface area contributed by atoms with Gasteiger partial charge in [-0.15, -0.1) is 12.3 Å². The summed E-state index contributed by atoms with van der Waals surface area (Å²) in [4.78, 5) is 2.43. The second-order valence-corrected chi connectivity index (χ2v) is 2.90. The number of terminal acetylenes is 1. The normalized spacial score (nSPS) is 20.6. The van der Waals surface area contributed by atoms with Crippen molar-refractivity contribution in [2.45, 2.75) is 12.8 Å². The molecule has 1 aliphatic heterocycles. The first kappa shape index (κ1) is 8.58. The molecule has 0 radical (unpaired) electrons. The van der Waals surface area contributed by atoms with Crippen molar-refractivity contribution in [2.24, 2.45) is 0 Å². The number of nitrogens with zero attached hydrogens (tertiary/aromatic N) is 1. The minimum absolute atomic E-state index is 0.889. The number of nitrogens with one attached hydrogen (secondary N) is 1. The van der Waals surface area contributed by atoms with Crippen molar-refractivity contribution in [2.75, 3.05) is 32.7 Å². The quantitative estimate of drug-likeness (QED) is 0.573. The molecule has 0 amide bonds. The smallest absolute Gasteiger partial charge is 0.0214 e. The molecule has 1 N–H and O–H groups in total. The molecule has 0 unspecified atom stereocenters. The summed E-state index contributed by atoms with van der Waals surface area (Å²) >= 11 is 0. The van der Waals surface area contributed by atoms with Gasteiger partial charge >= 0.3 is 0 Å². The van der Waals surface area contributed by atoms with Crippen molar-refractivity contribution in [3.05, 3.63) is 0 Å². The molecule has 1 aliphatic rings. The van der Waals surface area contributed by atoms with Gasteiger partial charge in [0, 0.05) is 26.1 Å². The number of rotatable bonds is 2. The van der Waals surface area contributed by atoms with Crippen molar-refractivity contribution in [3.8, 4) is 12.3 Å². The van der Waals surface area contributed by atoms with E-state index < -0.39 is 0 Å². The van der Waals surface area contributed by atoms with E-state index in [1.165, 1.54) is 13.0 Å². The molecule has 0 atom stereocenters. The minimum atomic E-state index is 0.889. The van der Waals surface area contributed by atoms with Crippen molar-refractivity contribution in [3.63, 3.8) is 0 Å². The summed E-state index contributed by atoms with van der Waals surface area (Å²) in [6.45, 7) is 5.70. The Hall–Kier alpha value is -0.520. The Bertz CT molecular complexity index is 129. The lowest BCUT2D eigenvalue weighted by atomic mass is 10.3. The van der Waals surface area contributed by atoms with Gasteiger partial charge in [0.25, 0.3) is 0 Å². The summed E-state index contributed by atoms with van der Waals surface area (Å²) in [5.41, 5.74) is 0. The van der Waals surface area contributed by atoms with Crippen molar-refractivity contribution in [1.29, 1.82) is 0 Å². The first-order chi connectivity index (χ1) is 5.43. The molecule has 0 aromatic rings. The summed E-state index contributed by atoms with van der Waals surface area (Å²) in [5, 5.41) is 3.36. The molecule has 0 bridgehead atoms. The second kappa shape index (κ2) is 5.17. The summed E-state index contributed by atoms with van der Waals surface area (Å²) < 4.78 is 0. The van der Waals surface area contributed by atoms with Gasteiger partial charge in [-0.05, 0) is 19.5 Å². The molecule has 1 saturated heterocycles. The molecule has 0 aliphatic carbocycles. The highest BCUT2D eigenvalue weighted by Gasteiger charge is 2.06. The monoisotopic (exact) mass is 152 g/mol. The zero-order valence-electron chi connectivity index (χ0n) is 6.97. The van der Waals surface area contributed by atoms with E-state index in [0.29, 0.717) is 0 Å². The maximum atomic E-state index is 5.19. The molecule has 1 fully saturated rings. The Morgan fingerprint density at radius 2 is 2.27 bits per heavy atom. The zero-order chi connectivity index (χ0) is 7.94. The predicted molar refractivity (Wildman–Crippen MR) is 47.4 cm³/mol. The Morgan fingerprint density at radius 1 is 1.36 bits per heavy atom. The molecule has 2 nitrogen and oxygen atoms in total. The SMILES string of the molecule is C#CCCN1CCCNCC1. The van der Waals surface area contributed by atoms with E-state index in [2.05, 4.69) is 16.1 Å². The molecule has 11 heavy (non-hydrogen) atoms. The fourth-order valence-corrected chi connectivity index (χ4v) is 1.35. The second-order valence-electron chi connectivity index (χ2n) is 2.90. The summed E-state index contributed by atoms with van der Waals surface area (Å²) in [7, 11) is 0. The lowest BCUT2D eigenvalue weighted by Crippen LogP contribution is -2.28. The van der Waals surface area contributed by atoms with Gasteiger partial charge in [-0.3, -0.25) is 0 Å². The van der Waals surface area contributed by atoms with Gasteiger partial charge in [-0.2, -0.15) is 0 Å². The van der Waals surface area contributed by atoms with Crippen LogP contribution in [-0.4, -0.2) is 37.6 Å². The van der Waals surface area contributed by atoms with Gasteiger partial charge in [0.05, 0.1) is 0 Å². The van der Waals surface area contributed by atoms with Crippen LogP contribution >= 0.6 is 0 Å². The Kier molecular flexibility index (Phi) is 4.03. The standard InChI is InChI=1S/C9H16N2/c1-2-3-7-11-8-4-5-10-6-9-11/h1,10H,3-9H2. The minimum Gasteiger partial charge on any atom is -0.315 e. The van der Waals surface area contributed by atoms with Gasteiger partial charge in [-0.25, -0.2) is 0 Å². The largest absolute Gasteiger partial charge is 0.315 e. The summed E-state index contributed by atoms with van der Waals surface area (Å²) in [6.07, 6.45) is 7.34. The van der Waals surface area contributed by atoms with Crippen LogP contribution in [0, 0.1) is 12.3 Å². The van der Waals surface area contributed by atoms with E-state index >= 15 is 0 Å². The highest BCUT2D eigenvalue weighted by Crippen LogP contribution is 1.95. The van der Waals surface area contributed by atoms with Crippen LogP contribution < -0.4 is 5.32 Å². The first-order valence-electron chi connectivity index (χ1n) is 4.30. The van der Waals surface area contributed by atoms with Crippen LogP contribution in [0.1, 0.15) is 12.8 Å². The van der Waals surface area contributed by atoms with Gasteiger partial charge in [0.2, 0.25) is 0 Å². The number of hydrogen-bond donors (Lipinski definition) is 1. The average molecular weight is 152 g/mol. The Morgan fingerprint density at radius 3 is 3.09 bits per heavy atom. The molecule has 0 aromatic carbocycles. The van der Waals surface area contributed by atoms with E-state index in [4.69, 9.17) is 6.42 Å². The number of hydrogen-bond acceptors (Lipinski definition) is 2. The molecule has 0 aromatic heterocycles. The van der Waals surface area contributed by atoms with Crippen LogP contribution in [0.15, 0.2) is 0 Å². The molecule has 2 heteroatoms. The van der Waals surface area contributed by atoms with E-state index in [-0.39, 0.29) is 0 Å². The molecule has 1 heterocycles. The van der Waals surface area contributed by atoms with E-state index in [0.717, 1.165) is 32.6 Å². The van der Waals surface area contributed by atoms with Crippen LogP contribution in [0.5, 0.6) is 0 Å². The molecule has 0 spiro atoms. The topological polar surface area (TPSA) is 15.3 Å². The maximum Gasteiger partial charge on any atom is 0.0214 e. The highest BCUT2D eigenvalue weighted by molar-refractivity contribution is 4.85. The average Bonchev–Trinajstić information content (AvgIpc) is 2.28. The van der Waals surface area contributed by atoms with Gasteiger partial charge in [-0.1, -0.05) is 0 Å². The predicted octanol–water partition coefficient (Wildman–Crippen LogP) is 0.305. The third-order valence-electron chi connectivity index (χ3n) is 2.01. The fraction of sp³-hybridized carbons (Fsp3) is 0.778. The molecular weight excluding hydrogens is 136 g/mol. The first-order valence-corrected chi connectivity index (χ1v) is 4.30. The molecule has 1 rings (SSSR count). The fourth-order valence-electron chi connectivity index (χ4n) is 1.35. The maximum absolute atomic E-state index is 5.19. The van der Waals surface area contributed by atoms with Crippen molar-refractivity contribution < 1.29 is 0 Å². The van der Waals surface area contributed by atoms with Crippen LogP contribution in [0.2, 0.25) is 0 Å². The molecule has 62 valence electrons. The van der Waals surface area contributed by atoms with Gasteiger partial charge in [0.15, 0.2) is 0 Å². The van der Waals surface area contributed by atoms with Gasteiger partial charge in [0.1, 0.15) is 0 Å². The third-order valence-corrected chi connectivity index (χ3v) is 2.01. The van der Waals surface area contributed by atoms with Crippen molar-refractivity contribution >= 4 is 0 Å². The lowest BCUT2D eigenvalue weighted by Gasteiger charge is -2.17. The van der Waals surface area contributed by atoms with Gasteiger partial charge < -0.3 is 10.2 Å². The molecular formula is C9H16N2. The van der Waals surface area contributed by atoms with E-state index in [1.807, 2.05) is 0 Å². The summed E-state index contributed by atoms with van der Waals surface area (Å²) in [5.74, 6) is 2.67. The van der Waals surface area contributed by atoms with Crippen LogP contribution in [0.3, 0.4) is 0 Å². The lowest BCUT2D eigenvalue weighted by molar-refractivity contribution is 0.300. The van der Waals surface area contributed by atoms with Crippen LogP contribution in [0.4, 0.5) is 0 Å².